The summed E-state index contributed by atoms with van der Waals surface area (Å²) >= 11 is 0. The molecule has 17 heavy (non-hydrogen) atoms. The molecule has 3 N–H and O–H groups in total. The lowest BCUT2D eigenvalue weighted by Crippen LogP contribution is -2.29. The Morgan fingerprint density at radius 2 is 2.24 bits per heavy atom. The molecule has 2 aromatic heterocycles. The molecule has 7 heteroatoms. The minimum Gasteiger partial charge on any atom is -0.504 e. The normalized spacial score (nSPS) is 10.4. The van der Waals surface area contributed by atoms with Crippen LogP contribution >= 0.6 is 0 Å². The second-order valence-corrected chi connectivity index (χ2v) is 3.33. The molecule has 1 amide bonds. The third kappa shape index (κ3) is 2.17. The van der Waals surface area contributed by atoms with Gasteiger partial charge in [-0.25, -0.2) is 4.98 Å². The Hall–Kier alpha value is -2.57. The zero-order valence-corrected chi connectivity index (χ0v) is 8.62. The summed E-state index contributed by atoms with van der Waals surface area (Å²) in [6.45, 7) is -0.474. The molecule has 0 radical (unpaired) electrons. The lowest BCUT2D eigenvalue weighted by atomic mass is 10.4. The van der Waals surface area contributed by atoms with E-state index in [9.17, 15) is 14.7 Å². The number of carbonyl (C=O) groups is 2. The number of amides is 1. The van der Waals surface area contributed by atoms with Gasteiger partial charge in [-0.1, -0.05) is 0 Å². The number of nitrogens with one attached hydrogen (secondary N) is 1. The molecule has 0 aromatic carbocycles. The van der Waals surface area contributed by atoms with Crippen molar-refractivity contribution in [3.05, 3.63) is 30.2 Å². The van der Waals surface area contributed by atoms with Gasteiger partial charge in [0, 0.05) is 12.4 Å². The Bertz CT molecular complexity index is 590. The van der Waals surface area contributed by atoms with Gasteiger partial charge in [0.1, 0.15) is 12.2 Å². The van der Waals surface area contributed by atoms with E-state index in [4.69, 9.17) is 5.11 Å². The third-order valence-electron chi connectivity index (χ3n) is 2.09. The molecule has 7 nitrogen and oxygen atoms in total. The van der Waals surface area contributed by atoms with Crippen molar-refractivity contribution in [3.63, 3.8) is 0 Å². The summed E-state index contributed by atoms with van der Waals surface area (Å²) in [6, 6.07) is 3.05. The first-order chi connectivity index (χ1) is 8.08. The summed E-state index contributed by atoms with van der Waals surface area (Å²) in [6.07, 6.45) is 3.03. The van der Waals surface area contributed by atoms with Crippen molar-refractivity contribution < 1.29 is 19.8 Å². The second-order valence-electron chi connectivity index (χ2n) is 3.33. The Morgan fingerprint density at radius 1 is 1.47 bits per heavy atom. The molecule has 0 unspecified atom stereocenters. The van der Waals surface area contributed by atoms with Gasteiger partial charge < -0.3 is 19.9 Å². The average Bonchev–Trinajstić information content (AvgIpc) is 2.71. The molecule has 0 aliphatic carbocycles. The summed E-state index contributed by atoms with van der Waals surface area (Å²) in [4.78, 5) is 25.7. The van der Waals surface area contributed by atoms with E-state index >= 15 is 0 Å². The second kappa shape index (κ2) is 4.12. The Labute approximate surface area is 95.3 Å². The number of carboxylic acid groups (broad SMARTS) is 1. The van der Waals surface area contributed by atoms with Crippen LogP contribution in [0.4, 0.5) is 0 Å². The van der Waals surface area contributed by atoms with Crippen LogP contribution in [0.15, 0.2) is 24.5 Å². The van der Waals surface area contributed by atoms with Crippen molar-refractivity contribution in [2.45, 2.75) is 0 Å². The van der Waals surface area contributed by atoms with E-state index in [1.165, 1.54) is 16.7 Å². The number of rotatable bonds is 3. The van der Waals surface area contributed by atoms with Crippen molar-refractivity contribution in [2.75, 3.05) is 6.54 Å². The minimum atomic E-state index is -1.13. The van der Waals surface area contributed by atoms with Gasteiger partial charge in [-0.15, -0.1) is 0 Å². The van der Waals surface area contributed by atoms with E-state index in [0.29, 0.717) is 0 Å². The smallest absolute Gasteiger partial charge is 0.322 e. The van der Waals surface area contributed by atoms with Crippen molar-refractivity contribution in [3.8, 4) is 5.75 Å². The van der Waals surface area contributed by atoms with Gasteiger partial charge in [0.15, 0.2) is 11.4 Å². The van der Waals surface area contributed by atoms with Gasteiger partial charge in [-0.2, -0.15) is 0 Å². The van der Waals surface area contributed by atoms with Crippen molar-refractivity contribution in [2.24, 2.45) is 0 Å². The maximum absolute atomic E-state index is 11.5. The van der Waals surface area contributed by atoms with E-state index in [1.807, 2.05) is 0 Å². The van der Waals surface area contributed by atoms with E-state index in [0.717, 1.165) is 0 Å². The number of hydrogen-bond acceptors (Lipinski definition) is 4. The molecule has 2 heterocycles. The number of fused-ring (bicyclic) bond motifs is 1. The van der Waals surface area contributed by atoms with Crippen LogP contribution in [0.25, 0.3) is 5.65 Å². The topological polar surface area (TPSA) is 104 Å². The highest BCUT2D eigenvalue weighted by molar-refractivity contribution is 5.94. The minimum absolute atomic E-state index is 0.0488. The third-order valence-corrected chi connectivity index (χ3v) is 2.09. The number of imidazole rings is 1. The van der Waals surface area contributed by atoms with Crippen LogP contribution < -0.4 is 5.32 Å². The van der Waals surface area contributed by atoms with Gasteiger partial charge in [0.2, 0.25) is 0 Å². The molecule has 2 aromatic rings. The molecule has 0 aliphatic rings. The zero-order valence-electron chi connectivity index (χ0n) is 8.62. The molecule has 0 atom stereocenters. The van der Waals surface area contributed by atoms with Crippen LogP contribution in [0, 0.1) is 0 Å². The fraction of sp³-hybridized carbons (Fsp3) is 0.100. The fourth-order valence-electron chi connectivity index (χ4n) is 1.35. The van der Waals surface area contributed by atoms with Crippen molar-refractivity contribution >= 4 is 17.5 Å². The highest BCUT2D eigenvalue weighted by Gasteiger charge is 2.12. The maximum atomic E-state index is 11.5. The molecular formula is C10H9N3O4. The van der Waals surface area contributed by atoms with Gasteiger partial charge in [0.05, 0.1) is 0 Å². The number of aliphatic carboxylic acids is 1. The summed E-state index contributed by atoms with van der Waals surface area (Å²) in [7, 11) is 0. The first-order valence-electron chi connectivity index (χ1n) is 4.74. The number of hydrogen-bond donors (Lipinski definition) is 3. The number of carboxylic acids is 1. The monoisotopic (exact) mass is 235 g/mol. The molecule has 0 spiro atoms. The highest BCUT2D eigenvalue weighted by atomic mass is 16.4. The molecule has 2 rings (SSSR count). The molecule has 0 bridgehead atoms. The van der Waals surface area contributed by atoms with Crippen LogP contribution in [0.3, 0.4) is 0 Å². The Morgan fingerprint density at radius 3 is 2.88 bits per heavy atom. The quantitative estimate of drug-likeness (QED) is 0.686. The number of pyridine rings is 1. The molecule has 88 valence electrons. The lowest BCUT2D eigenvalue weighted by molar-refractivity contribution is -0.135. The van der Waals surface area contributed by atoms with Crippen LogP contribution in [-0.2, 0) is 4.79 Å². The number of aromatic hydroxyl groups is 1. The molecule has 0 fully saturated rings. The predicted octanol–water partition coefficient (Wildman–Crippen LogP) is -0.146. The van der Waals surface area contributed by atoms with Gasteiger partial charge >= 0.3 is 5.97 Å². The van der Waals surface area contributed by atoms with E-state index in [2.05, 4.69) is 10.3 Å². The summed E-state index contributed by atoms with van der Waals surface area (Å²) in [5.74, 6) is -1.79. The van der Waals surface area contributed by atoms with Gasteiger partial charge in [0.25, 0.3) is 5.91 Å². The number of carbonyl (C=O) groups excluding carboxylic acids is 1. The van der Waals surface area contributed by atoms with Crippen LogP contribution in [0.1, 0.15) is 10.5 Å². The van der Waals surface area contributed by atoms with Crippen molar-refractivity contribution in [1.29, 1.82) is 0 Å². The highest BCUT2D eigenvalue weighted by Crippen LogP contribution is 2.16. The lowest BCUT2D eigenvalue weighted by Gasteiger charge is -1.96. The SMILES string of the molecule is O=C(O)CNC(=O)c1cn2cccc(O)c2n1. The first kappa shape index (κ1) is 10.9. The Balaban J connectivity index is 2.27. The van der Waals surface area contributed by atoms with Crippen LogP contribution in [0.2, 0.25) is 0 Å². The van der Waals surface area contributed by atoms with Gasteiger partial charge in [-0.3, -0.25) is 9.59 Å². The van der Waals surface area contributed by atoms with E-state index < -0.39 is 18.4 Å². The summed E-state index contributed by atoms with van der Waals surface area (Å²) in [5.41, 5.74) is 0.292. The zero-order chi connectivity index (χ0) is 12.4. The van der Waals surface area contributed by atoms with Crippen molar-refractivity contribution in [1.82, 2.24) is 14.7 Å². The molecule has 0 aliphatic heterocycles. The largest absolute Gasteiger partial charge is 0.504 e. The van der Waals surface area contributed by atoms with E-state index in [1.54, 1.807) is 12.3 Å². The molecule has 0 saturated carbocycles. The summed E-state index contributed by atoms with van der Waals surface area (Å²) in [5, 5.41) is 20.1. The van der Waals surface area contributed by atoms with Gasteiger partial charge in [-0.05, 0) is 12.1 Å². The molecule has 0 saturated heterocycles. The van der Waals surface area contributed by atoms with E-state index in [-0.39, 0.29) is 17.1 Å². The standard InChI is InChI=1S/C10H9N3O4/c14-7-2-1-3-13-5-6(12-9(7)13)10(17)11-4-8(15)16/h1-3,5,14H,4H2,(H,11,17)(H,15,16). The first-order valence-corrected chi connectivity index (χ1v) is 4.74. The summed E-state index contributed by atoms with van der Waals surface area (Å²) < 4.78 is 1.48. The molecular weight excluding hydrogens is 226 g/mol. The Kier molecular flexibility index (Phi) is 2.65. The van der Waals surface area contributed by atoms with Crippen LogP contribution in [-0.4, -0.2) is 38.0 Å². The fourth-order valence-corrected chi connectivity index (χ4v) is 1.35. The number of nitrogens with zero attached hydrogens (tertiary/aromatic N) is 2. The maximum Gasteiger partial charge on any atom is 0.322 e. The van der Waals surface area contributed by atoms with Crippen LogP contribution in [0.5, 0.6) is 5.75 Å². The number of aromatic nitrogens is 2. The average molecular weight is 235 g/mol. The predicted molar refractivity (Wildman–Crippen MR) is 56.8 cm³/mol.